The number of hydrogen-bond acceptors (Lipinski definition) is 7. The molecular formula is C10H12IN5O3. The molecule has 1 unspecified atom stereocenters. The van der Waals surface area contributed by atoms with Crippen LogP contribution in [-0.2, 0) is 4.74 Å². The zero-order valence-corrected chi connectivity index (χ0v) is 11.9. The van der Waals surface area contributed by atoms with Gasteiger partial charge in [0.25, 0.3) is 0 Å². The fraction of sp³-hybridized carbons (Fsp3) is 0.500. The molecule has 1 fully saturated rings. The van der Waals surface area contributed by atoms with Crippen molar-refractivity contribution in [3.8, 4) is 0 Å². The van der Waals surface area contributed by atoms with Crippen molar-refractivity contribution in [3.63, 3.8) is 0 Å². The molecule has 8 nitrogen and oxygen atoms in total. The van der Waals surface area contributed by atoms with Crippen LogP contribution in [0.3, 0.4) is 0 Å². The van der Waals surface area contributed by atoms with Crippen LogP contribution < -0.4 is 5.73 Å². The quantitative estimate of drug-likeness (QED) is 0.475. The predicted molar refractivity (Wildman–Crippen MR) is 74.5 cm³/mol. The molecule has 0 aliphatic carbocycles. The van der Waals surface area contributed by atoms with Gasteiger partial charge in [-0.3, -0.25) is 4.57 Å². The highest BCUT2D eigenvalue weighted by Gasteiger charge is 2.43. The van der Waals surface area contributed by atoms with Gasteiger partial charge in [-0.05, 0) is 0 Å². The van der Waals surface area contributed by atoms with Crippen molar-refractivity contribution in [2.45, 2.75) is 22.4 Å². The Bertz CT molecular complexity index is 606. The fourth-order valence-electron chi connectivity index (χ4n) is 2.13. The first-order valence-corrected chi connectivity index (χ1v) is 6.89. The second kappa shape index (κ2) is 4.81. The van der Waals surface area contributed by atoms with E-state index in [-0.39, 0.29) is 10.5 Å². The van der Waals surface area contributed by atoms with E-state index >= 15 is 0 Å². The maximum Gasteiger partial charge on any atom is 0.167 e. The zero-order valence-electron chi connectivity index (χ0n) is 9.72. The lowest BCUT2D eigenvalue weighted by molar-refractivity contribution is -0.0429. The Hall–Kier alpha value is -1.04. The van der Waals surface area contributed by atoms with E-state index in [1.54, 1.807) is 10.9 Å². The van der Waals surface area contributed by atoms with E-state index in [1.165, 1.54) is 6.33 Å². The van der Waals surface area contributed by atoms with Crippen molar-refractivity contribution >= 4 is 39.6 Å². The Morgan fingerprint density at radius 2 is 2.21 bits per heavy atom. The van der Waals surface area contributed by atoms with Crippen molar-refractivity contribution in [1.82, 2.24) is 19.5 Å². The highest BCUT2D eigenvalue weighted by molar-refractivity contribution is 14.1. The third-order valence-electron chi connectivity index (χ3n) is 3.13. The van der Waals surface area contributed by atoms with E-state index in [2.05, 4.69) is 37.5 Å². The lowest BCUT2D eigenvalue weighted by Gasteiger charge is -2.16. The average molecular weight is 377 g/mol. The van der Waals surface area contributed by atoms with Gasteiger partial charge in [-0.1, -0.05) is 22.6 Å². The number of nitrogen functional groups attached to an aromatic ring is 1. The summed E-state index contributed by atoms with van der Waals surface area (Å²) >= 11 is 2.09. The number of halogens is 1. The van der Waals surface area contributed by atoms with E-state index in [4.69, 9.17) is 15.6 Å². The van der Waals surface area contributed by atoms with Crippen molar-refractivity contribution < 1.29 is 14.9 Å². The second-order valence-corrected chi connectivity index (χ2v) is 5.70. The SMILES string of the molecule is Nc1ncnc2c1ncn2[C@@H]1O[C@H](CO)[C@@H](O)C1I. The molecule has 3 rings (SSSR count). The topological polar surface area (TPSA) is 119 Å². The summed E-state index contributed by atoms with van der Waals surface area (Å²) in [4.78, 5) is 12.2. The van der Waals surface area contributed by atoms with Crippen LogP contribution in [0.4, 0.5) is 5.82 Å². The smallest absolute Gasteiger partial charge is 0.167 e. The molecule has 19 heavy (non-hydrogen) atoms. The van der Waals surface area contributed by atoms with Crippen molar-refractivity contribution in [1.29, 1.82) is 0 Å². The van der Waals surface area contributed by atoms with Crippen molar-refractivity contribution in [2.75, 3.05) is 12.3 Å². The normalized spacial score (nSPS) is 31.1. The summed E-state index contributed by atoms with van der Waals surface area (Å²) in [5, 5.41) is 19.1. The van der Waals surface area contributed by atoms with Gasteiger partial charge in [-0.15, -0.1) is 0 Å². The van der Waals surface area contributed by atoms with Crippen LogP contribution in [-0.4, -0.2) is 52.5 Å². The third-order valence-corrected chi connectivity index (χ3v) is 4.49. The van der Waals surface area contributed by atoms with E-state index in [9.17, 15) is 5.11 Å². The van der Waals surface area contributed by atoms with Crippen molar-refractivity contribution in [3.05, 3.63) is 12.7 Å². The number of rotatable bonds is 2. The molecule has 4 atom stereocenters. The molecule has 2 aromatic heterocycles. The van der Waals surface area contributed by atoms with E-state index < -0.39 is 18.4 Å². The van der Waals surface area contributed by atoms with Gasteiger partial charge in [-0.2, -0.15) is 0 Å². The Balaban J connectivity index is 2.04. The van der Waals surface area contributed by atoms with E-state index in [0.717, 1.165) is 0 Å². The summed E-state index contributed by atoms with van der Waals surface area (Å²) in [7, 11) is 0. The highest BCUT2D eigenvalue weighted by atomic mass is 127. The molecule has 1 aliphatic rings. The molecule has 0 amide bonds. The predicted octanol–water partition coefficient (Wildman–Crippen LogP) is -0.537. The van der Waals surface area contributed by atoms with Gasteiger partial charge < -0.3 is 20.7 Å². The number of aromatic nitrogens is 4. The van der Waals surface area contributed by atoms with Crippen LogP contribution in [0.1, 0.15) is 6.23 Å². The van der Waals surface area contributed by atoms with Gasteiger partial charge in [0.05, 0.1) is 23.0 Å². The molecule has 4 N–H and O–H groups in total. The van der Waals surface area contributed by atoms with Gasteiger partial charge in [0.2, 0.25) is 0 Å². The minimum atomic E-state index is -0.743. The monoisotopic (exact) mass is 377 g/mol. The lowest BCUT2D eigenvalue weighted by atomic mass is 10.2. The van der Waals surface area contributed by atoms with Gasteiger partial charge in [0.15, 0.2) is 17.7 Å². The van der Waals surface area contributed by atoms with Crippen LogP contribution in [0, 0.1) is 0 Å². The number of nitrogens with two attached hydrogens (primary N) is 1. The molecule has 102 valence electrons. The highest BCUT2D eigenvalue weighted by Crippen LogP contribution is 2.36. The number of ether oxygens (including phenoxy) is 1. The molecule has 0 bridgehead atoms. The van der Waals surface area contributed by atoms with Gasteiger partial charge >= 0.3 is 0 Å². The molecule has 0 spiro atoms. The summed E-state index contributed by atoms with van der Waals surface area (Å²) in [5.74, 6) is 0.297. The molecule has 0 aromatic carbocycles. The maximum atomic E-state index is 9.97. The average Bonchev–Trinajstić information content (AvgIpc) is 2.94. The number of imidazole rings is 1. The fourth-order valence-corrected chi connectivity index (χ4v) is 3.11. The van der Waals surface area contributed by atoms with Gasteiger partial charge in [0.1, 0.15) is 17.9 Å². The number of alkyl halides is 1. The van der Waals surface area contributed by atoms with Crippen molar-refractivity contribution in [2.24, 2.45) is 0 Å². The first-order chi connectivity index (χ1) is 9.13. The number of aliphatic hydroxyl groups is 2. The number of nitrogens with zero attached hydrogens (tertiary/aromatic N) is 4. The summed E-state index contributed by atoms with van der Waals surface area (Å²) in [6, 6.07) is 0. The minimum Gasteiger partial charge on any atom is -0.394 e. The molecular weight excluding hydrogens is 365 g/mol. The third kappa shape index (κ3) is 1.96. The molecule has 1 aliphatic heterocycles. The Morgan fingerprint density at radius 3 is 2.89 bits per heavy atom. The summed E-state index contributed by atoms with van der Waals surface area (Å²) in [6.07, 6.45) is 1.11. The van der Waals surface area contributed by atoms with Crippen LogP contribution in [0.15, 0.2) is 12.7 Å². The largest absolute Gasteiger partial charge is 0.394 e. The first-order valence-electron chi connectivity index (χ1n) is 5.65. The molecule has 0 saturated carbocycles. The zero-order chi connectivity index (χ0) is 13.6. The summed E-state index contributed by atoms with van der Waals surface area (Å²) < 4.78 is 7.12. The summed E-state index contributed by atoms with van der Waals surface area (Å²) in [6.45, 7) is -0.235. The standard InChI is InChI=1S/C10H12IN5O3/c11-5-7(18)4(1-17)19-10(5)16-3-15-6-8(12)13-2-14-9(6)16/h2-5,7,10,17-18H,1H2,(H2,12,13,14)/t4-,5?,7-,10-/m1/s1. The number of hydrogen-bond donors (Lipinski definition) is 3. The molecule has 3 heterocycles. The Morgan fingerprint density at radius 1 is 1.42 bits per heavy atom. The van der Waals surface area contributed by atoms with Crippen LogP contribution in [0.2, 0.25) is 0 Å². The second-order valence-electron chi connectivity index (χ2n) is 4.27. The minimum absolute atomic E-state index is 0.219. The Kier molecular flexibility index (Phi) is 3.28. The Labute approximate surface area is 121 Å². The van der Waals surface area contributed by atoms with Crippen LogP contribution in [0.5, 0.6) is 0 Å². The van der Waals surface area contributed by atoms with Crippen LogP contribution >= 0.6 is 22.6 Å². The van der Waals surface area contributed by atoms with E-state index in [0.29, 0.717) is 17.0 Å². The van der Waals surface area contributed by atoms with Gasteiger partial charge in [-0.25, -0.2) is 15.0 Å². The van der Waals surface area contributed by atoms with Gasteiger partial charge in [0, 0.05) is 0 Å². The molecule has 2 aromatic rings. The number of aliphatic hydroxyl groups excluding tert-OH is 2. The molecule has 9 heteroatoms. The summed E-state index contributed by atoms with van der Waals surface area (Å²) in [5.41, 5.74) is 6.77. The molecule has 1 saturated heterocycles. The number of anilines is 1. The first kappa shape index (κ1) is 13.0. The number of fused-ring (bicyclic) bond motifs is 1. The maximum absolute atomic E-state index is 9.97. The lowest BCUT2D eigenvalue weighted by Crippen LogP contribution is -2.29. The van der Waals surface area contributed by atoms with Crippen LogP contribution in [0.25, 0.3) is 11.2 Å². The molecule has 0 radical (unpaired) electrons. The van der Waals surface area contributed by atoms with E-state index in [1.807, 2.05) is 0 Å².